The predicted octanol–water partition coefficient (Wildman–Crippen LogP) is 4.86. The summed E-state index contributed by atoms with van der Waals surface area (Å²) in [6, 6.07) is 9.15. The van der Waals surface area contributed by atoms with Crippen molar-refractivity contribution in [2.75, 3.05) is 25.5 Å². The molecule has 1 saturated heterocycles. The first kappa shape index (κ1) is 22.0. The molecule has 1 aliphatic rings. The number of benzene rings is 2. The fourth-order valence-electron chi connectivity index (χ4n) is 3.38. The average Bonchev–Trinajstić information content (AvgIpc) is 2.73. The molecule has 160 valence electrons. The Kier molecular flexibility index (Phi) is 6.55. The summed E-state index contributed by atoms with van der Waals surface area (Å²) in [6.07, 6.45) is -3.38. The summed E-state index contributed by atoms with van der Waals surface area (Å²) in [6.45, 7) is 0.512. The number of ether oxygens (including phenoxy) is 1. The van der Waals surface area contributed by atoms with Gasteiger partial charge >= 0.3 is 6.18 Å². The van der Waals surface area contributed by atoms with Crippen molar-refractivity contribution in [2.45, 2.75) is 19.0 Å². The maximum absolute atomic E-state index is 12.9. The van der Waals surface area contributed by atoms with Gasteiger partial charge < -0.3 is 15.0 Å². The van der Waals surface area contributed by atoms with Crippen LogP contribution in [0.25, 0.3) is 0 Å². The number of rotatable bonds is 4. The van der Waals surface area contributed by atoms with E-state index in [2.05, 4.69) is 5.32 Å². The van der Waals surface area contributed by atoms with Crippen molar-refractivity contribution in [3.63, 3.8) is 0 Å². The number of amides is 2. The quantitative estimate of drug-likeness (QED) is 0.738. The molecular formula is C21H20ClF3N2O3. The van der Waals surface area contributed by atoms with Crippen molar-refractivity contribution in [3.05, 3.63) is 58.6 Å². The molecule has 1 fully saturated rings. The van der Waals surface area contributed by atoms with Crippen LogP contribution in [0.2, 0.25) is 5.02 Å². The molecule has 3 rings (SSSR count). The zero-order chi connectivity index (χ0) is 21.9. The Labute approximate surface area is 176 Å². The van der Waals surface area contributed by atoms with E-state index in [1.165, 1.54) is 24.1 Å². The van der Waals surface area contributed by atoms with E-state index >= 15 is 0 Å². The maximum Gasteiger partial charge on any atom is 0.416 e. The number of anilines is 1. The van der Waals surface area contributed by atoms with Crippen LogP contribution in [0.15, 0.2) is 42.5 Å². The minimum atomic E-state index is -4.53. The summed E-state index contributed by atoms with van der Waals surface area (Å²) in [4.78, 5) is 26.8. The SMILES string of the molecule is COc1ccc(NC(=O)C2CCCN(C(=O)c3cccc(C(F)(F)F)c3)C2)cc1Cl. The van der Waals surface area contributed by atoms with E-state index in [0.717, 1.165) is 12.1 Å². The van der Waals surface area contributed by atoms with E-state index in [4.69, 9.17) is 16.3 Å². The lowest BCUT2D eigenvalue weighted by Gasteiger charge is -2.32. The molecular weight excluding hydrogens is 421 g/mol. The number of likely N-dealkylation sites (tertiary alicyclic amines) is 1. The zero-order valence-electron chi connectivity index (χ0n) is 16.1. The molecule has 2 aromatic carbocycles. The second-order valence-electron chi connectivity index (χ2n) is 7.01. The Morgan fingerprint density at radius 2 is 1.97 bits per heavy atom. The van der Waals surface area contributed by atoms with Gasteiger partial charge in [0, 0.05) is 24.3 Å². The van der Waals surface area contributed by atoms with Gasteiger partial charge in [-0.15, -0.1) is 0 Å². The molecule has 5 nitrogen and oxygen atoms in total. The predicted molar refractivity (Wildman–Crippen MR) is 107 cm³/mol. The van der Waals surface area contributed by atoms with Crippen LogP contribution in [-0.2, 0) is 11.0 Å². The molecule has 0 radical (unpaired) electrons. The highest BCUT2D eigenvalue weighted by molar-refractivity contribution is 6.32. The fraction of sp³-hybridized carbons (Fsp3) is 0.333. The van der Waals surface area contributed by atoms with Crippen molar-refractivity contribution < 1.29 is 27.5 Å². The van der Waals surface area contributed by atoms with E-state index in [1.807, 2.05) is 0 Å². The van der Waals surface area contributed by atoms with Crippen molar-refractivity contribution >= 4 is 29.1 Å². The summed E-state index contributed by atoms with van der Waals surface area (Å²) in [5, 5.41) is 3.11. The Morgan fingerprint density at radius 3 is 2.63 bits per heavy atom. The molecule has 1 unspecified atom stereocenters. The molecule has 0 aromatic heterocycles. The third-order valence-corrected chi connectivity index (χ3v) is 5.23. The monoisotopic (exact) mass is 440 g/mol. The Morgan fingerprint density at radius 1 is 1.20 bits per heavy atom. The van der Waals surface area contributed by atoms with Crippen LogP contribution in [-0.4, -0.2) is 36.9 Å². The number of nitrogens with one attached hydrogen (secondary N) is 1. The largest absolute Gasteiger partial charge is 0.495 e. The lowest BCUT2D eigenvalue weighted by molar-refractivity contribution is -0.137. The topological polar surface area (TPSA) is 58.6 Å². The molecule has 1 atom stereocenters. The molecule has 0 spiro atoms. The van der Waals surface area contributed by atoms with Crippen molar-refractivity contribution in [3.8, 4) is 5.75 Å². The molecule has 9 heteroatoms. The van der Waals surface area contributed by atoms with Crippen molar-refractivity contribution in [1.82, 2.24) is 4.90 Å². The smallest absolute Gasteiger partial charge is 0.416 e. The molecule has 1 N–H and O–H groups in total. The van der Waals surface area contributed by atoms with Gasteiger partial charge in [-0.05, 0) is 49.2 Å². The summed E-state index contributed by atoms with van der Waals surface area (Å²) in [5.74, 6) is -0.802. The molecule has 0 aliphatic carbocycles. The van der Waals surface area contributed by atoms with Gasteiger partial charge in [0.15, 0.2) is 0 Å². The number of carbonyl (C=O) groups is 2. The molecule has 30 heavy (non-hydrogen) atoms. The van der Waals surface area contributed by atoms with Crippen molar-refractivity contribution in [1.29, 1.82) is 0 Å². The normalized spacial score (nSPS) is 16.8. The van der Waals surface area contributed by atoms with Crippen molar-refractivity contribution in [2.24, 2.45) is 5.92 Å². The van der Waals surface area contributed by atoms with E-state index in [1.54, 1.807) is 18.2 Å². The molecule has 0 bridgehead atoms. The molecule has 1 aliphatic heterocycles. The number of nitrogens with zero attached hydrogens (tertiary/aromatic N) is 1. The first-order valence-corrected chi connectivity index (χ1v) is 9.68. The molecule has 2 amide bonds. The highest BCUT2D eigenvalue weighted by Gasteiger charge is 2.33. The number of alkyl halides is 3. The van der Waals surface area contributed by atoms with Crippen LogP contribution < -0.4 is 10.1 Å². The van der Waals surface area contributed by atoms with E-state index in [-0.39, 0.29) is 18.0 Å². The van der Waals surface area contributed by atoms with Crippen LogP contribution in [0.5, 0.6) is 5.75 Å². The Bertz CT molecular complexity index is 949. The van der Waals surface area contributed by atoms with Gasteiger partial charge in [0.1, 0.15) is 5.75 Å². The summed E-state index contributed by atoms with van der Waals surface area (Å²) in [5.41, 5.74) is -0.434. The number of piperidine rings is 1. The lowest BCUT2D eigenvalue weighted by Crippen LogP contribution is -2.43. The van der Waals surface area contributed by atoms with Gasteiger partial charge in [0.05, 0.1) is 23.6 Å². The minimum Gasteiger partial charge on any atom is -0.495 e. The number of methoxy groups -OCH3 is 1. The third-order valence-electron chi connectivity index (χ3n) is 4.94. The van der Waals surface area contributed by atoms with Crippen LogP contribution in [0, 0.1) is 5.92 Å². The zero-order valence-corrected chi connectivity index (χ0v) is 16.9. The average molecular weight is 441 g/mol. The standard InChI is InChI=1S/C21H20ClF3N2O3/c1-30-18-8-7-16(11-17(18)22)26-19(28)14-5-3-9-27(12-14)20(29)13-4-2-6-15(10-13)21(23,24)25/h2,4,6-8,10-11,14H,3,5,9,12H2,1H3,(H,26,28). The summed E-state index contributed by atoms with van der Waals surface area (Å²) < 4.78 is 43.9. The van der Waals surface area contributed by atoms with Gasteiger partial charge in [-0.1, -0.05) is 17.7 Å². The fourth-order valence-corrected chi connectivity index (χ4v) is 3.63. The lowest BCUT2D eigenvalue weighted by atomic mass is 9.96. The number of hydrogen-bond acceptors (Lipinski definition) is 3. The van der Waals surface area contributed by atoms with Crippen LogP contribution in [0.3, 0.4) is 0 Å². The minimum absolute atomic E-state index is 0.0483. The second-order valence-corrected chi connectivity index (χ2v) is 7.41. The highest BCUT2D eigenvalue weighted by atomic mass is 35.5. The van der Waals surface area contributed by atoms with Crippen LogP contribution >= 0.6 is 11.6 Å². The van der Waals surface area contributed by atoms with Gasteiger partial charge in [-0.3, -0.25) is 9.59 Å². The maximum atomic E-state index is 12.9. The molecule has 2 aromatic rings. The van der Waals surface area contributed by atoms with Crippen LogP contribution in [0.4, 0.5) is 18.9 Å². The second kappa shape index (κ2) is 8.95. The van der Waals surface area contributed by atoms with E-state index in [0.29, 0.717) is 35.8 Å². The third kappa shape index (κ3) is 5.05. The highest BCUT2D eigenvalue weighted by Crippen LogP contribution is 2.31. The van der Waals surface area contributed by atoms with E-state index in [9.17, 15) is 22.8 Å². The summed E-state index contributed by atoms with van der Waals surface area (Å²) >= 11 is 6.07. The molecule has 0 saturated carbocycles. The van der Waals surface area contributed by atoms with E-state index < -0.39 is 23.6 Å². The summed E-state index contributed by atoms with van der Waals surface area (Å²) in [7, 11) is 1.48. The number of carbonyl (C=O) groups excluding carboxylic acids is 2. The molecule has 1 heterocycles. The van der Waals surface area contributed by atoms with Gasteiger partial charge in [0.25, 0.3) is 5.91 Å². The van der Waals surface area contributed by atoms with Gasteiger partial charge in [-0.2, -0.15) is 13.2 Å². The Hall–Kier alpha value is -2.74. The van der Waals surface area contributed by atoms with Crippen LogP contribution in [0.1, 0.15) is 28.8 Å². The van der Waals surface area contributed by atoms with Gasteiger partial charge in [0.2, 0.25) is 5.91 Å². The van der Waals surface area contributed by atoms with Gasteiger partial charge in [-0.25, -0.2) is 0 Å². The first-order valence-electron chi connectivity index (χ1n) is 9.30. The number of hydrogen-bond donors (Lipinski definition) is 1. The first-order chi connectivity index (χ1) is 14.2. The number of halogens is 4. The Balaban J connectivity index is 1.68.